The van der Waals surface area contributed by atoms with Gasteiger partial charge in [-0.1, -0.05) is 24.3 Å². The van der Waals surface area contributed by atoms with Gasteiger partial charge in [-0.05, 0) is 31.4 Å². The quantitative estimate of drug-likeness (QED) is 0.615. The van der Waals surface area contributed by atoms with E-state index in [1.807, 2.05) is 0 Å². The Morgan fingerprint density at radius 2 is 2.15 bits per heavy atom. The zero-order valence-corrected chi connectivity index (χ0v) is 16.0. The minimum absolute atomic E-state index is 0.238. The summed E-state index contributed by atoms with van der Waals surface area (Å²) in [5.41, 5.74) is 2.55. The van der Waals surface area contributed by atoms with Gasteiger partial charge < -0.3 is 20.1 Å². The number of hydrogen-bond donors (Lipinski definition) is 2. The predicted molar refractivity (Wildman–Crippen MR) is 104 cm³/mol. The summed E-state index contributed by atoms with van der Waals surface area (Å²) in [5, 5.41) is 13.1. The van der Waals surface area contributed by atoms with Crippen LogP contribution in [0.4, 0.5) is 0 Å². The number of β-amino-alcohol motifs (C(OH)–C–C–N with tert-alkyl or cyclic N) is 1. The van der Waals surface area contributed by atoms with Crippen LogP contribution in [0.15, 0.2) is 29.3 Å². The van der Waals surface area contributed by atoms with Gasteiger partial charge in [0.05, 0.1) is 25.4 Å². The van der Waals surface area contributed by atoms with Crippen molar-refractivity contribution in [2.75, 3.05) is 39.3 Å². The molecule has 1 unspecified atom stereocenters. The van der Waals surface area contributed by atoms with Crippen LogP contribution in [0.1, 0.15) is 31.4 Å². The monoisotopic (exact) mass is 360 g/mol. The molecule has 0 saturated carbocycles. The molecule has 0 radical (unpaired) electrons. The smallest absolute Gasteiger partial charge is 0.194 e. The van der Waals surface area contributed by atoms with Gasteiger partial charge in [0, 0.05) is 39.3 Å². The molecule has 26 heavy (non-hydrogen) atoms. The zero-order valence-electron chi connectivity index (χ0n) is 16.0. The first kappa shape index (κ1) is 19.1. The number of hydrogen-bond acceptors (Lipinski definition) is 4. The molecule has 3 rings (SSSR count). The average Bonchev–Trinajstić information content (AvgIpc) is 3.05. The van der Waals surface area contributed by atoms with Crippen LogP contribution in [0.25, 0.3) is 0 Å². The summed E-state index contributed by atoms with van der Waals surface area (Å²) in [6.45, 7) is 11.0. The van der Waals surface area contributed by atoms with Crippen LogP contribution in [0.2, 0.25) is 0 Å². The Balaban J connectivity index is 1.61. The molecule has 0 spiro atoms. The highest BCUT2D eigenvalue weighted by Gasteiger charge is 2.22. The molecule has 144 valence electrons. The Bertz CT molecular complexity index is 607. The third kappa shape index (κ3) is 5.43. The topological polar surface area (TPSA) is 60.3 Å². The second-order valence-corrected chi connectivity index (χ2v) is 7.30. The highest BCUT2D eigenvalue weighted by atomic mass is 16.5. The van der Waals surface area contributed by atoms with Crippen molar-refractivity contribution in [3.8, 4) is 0 Å². The number of likely N-dealkylation sites (tertiary alicyclic amines) is 1. The number of benzene rings is 1. The summed E-state index contributed by atoms with van der Waals surface area (Å²) >= 11 is 0. The lowest BCUT2D eigenvalue weighted by molar-refractivity contribution is -0.0212. The largest absolute Gasteiger partial charge is 0.391 e. The van der Waals surface area contributed by atoms with E-state index in [9.17, 15) is 5.11 Å². The summed E-state index contributed by atoms with van der Waals surface area (Å²) in [7, 11) is 0. The van der Waals surface area contributed by atoms with Crippen molar-refractivity contribution in [2.24, 2.45) is 4.99 Å². The number of guanidine groups is 1. The van der Waals surface area contributed by atoms with Gasteiger partial charge in [0.25, 0.3) is 0 Å². The molecule has 0 aromatic heterocycles. The van der Waals surface area contributed by atoms with Crippen molar-refractivity contribution in [3.63, 3.8) is 0 Å². The number of rotatable bonds is 5. The second kappa shape index (κ2) is 9.35. The SMILES string of the molecule is CCNC(=NCc1cccc(CN2CCOC(C)C2)c1)N1CC[C@@H](O)C1. The molecule has 2 saturated heterocycles. The predicted octanol–water partition coefficient (Wildman–Crippen LogP) is 1.44. The number of ether oxygens (including phenoxy) is 1. The van der Waals surface area contributed by atoms with E-state index in [1.54, 1.807) is 0 Å². The van der Waals surface area contributed by atoms with Gasteiger partial charge in [-0.2, -0.15) is 0 Å². The molecule has 6 heteroatoms. The number of aliphatic hydroxyl groups excluding tert-OH is 1. The van der Waals surface area contributed by atoms with Gasteiger partial charge in [-0.3, -0.25) is 4.90 Å². The van der Waals surface area contributed by atoms with E-state index in [1.165, 1.54) is 11.1 Å². The van der Waals surface area contributed by atoms with Gasteiger partial charge >= 0.3 is 0 Å². The maximum Gasteiger partial charge on any atom is 0.194 e. The Morgan fingerprint density at radius 3 is 2.88 bits per heavy atom. The summed E-state index contributed by atoms with van der Waals surface area (Å²) in [6, 6.07) is 8.70. The maximum atomic E-state index is 9.77. The van der Waals surface area contributed by atoms with E-state index in [0.717, 1.165) is 51.7 Å². The lowest BCUT2D eigenvalue weighted by Crippen LogP contribution is -2.40. The van der Waals surface area contributed by atoms with Crippen LogP contribution in [0, 0.1) is 0 Å². The summed E-state index contributed by atoms with van der Waals surface area (Å²) in [6.07, 6.45) is 0.894. The molecule has 1 aromatic carbocycles. The van der Waals surface area contributed by atoms with Crippen molar-refractivity contribution in [3.05, 3.63) is 35.4 Å². The molecule has 2 heterocycles. The number of nitrogens with zero attached hydrogens (tertiary/aromatic N) is 3. The van der Waals surface area contributed by atoms with Gasteiger partial charge in [0.2, 0.25) is 0 Å². The van der Waals surface area contributed by atoms with E-state index < -0.39 is 0 Å². The minimum Gasteiger partial charge on any atom is -0.391 e. The van der Waals surface area contributed by atoms with E-state index in [2.05, 4.69) is 53.2 Å². The van der Waals surface area contributed by atoms with E-state index >= 15 is 0 Å². The van der Waals surface area contributed by atoms with Gasteiger partial charge in [0.15, 0.2) is 5.96 Å². The van der Waals surface area contributed by atoms with Crippen molar-refractivity contribution in [1.29, 1.82) is 0 Å². The first-order valence-electron chi connectivity index (χ1n) is 9.77. The number of aliphatic hydroxyl groups is 1. The Kier molecular flexibility index (Phi) is 6.88. The Labute approximate surface area is 156 Å². The van der Waals surface area contributed by atoms with Crippen LogP contribution in [-0.4, -0.2) is 72.4 Å². The average molecular weight is 361 g/mol. The zero-order chi connectivity index (χ0) is 18.4. The summed E-state index contributed by atoms with van der Waals surface area (Å²) in [5.74, 6) is 0.899. The fourth-order valence-corrected chi connectivity index (χ4v) is 3.64. The van der Waals surface area contributed by atoms with Crippen LogP contribution in [0.3, 0.4) is 0 Å². The van der Waals surface area contributed by atoms with E-state index in [-0.39, 0.29) is 6.10 Å². The molecule has 0 aliphatic carbocycles. The molecule has 2 aliphatic rings. The standard InChI is InChI=1S/C20H32N4O2/c1-3-21-20(24-8-7-19(25)15-24)22-12-17-5-4-6-18(11-17)14-23-9-10-26-16(2)13-23/h4-6,11,16,19,25H,3,7-10,12-15H2,1-2H3,(H,21,22)/t16?,19-/m1/s1. The molecule has 0 bridgehead atoms. The minimum atomic E-state index is -0.238. The van der Waals surface area contributed by atoms with Gasteiger partial charge in [-0.25, -0.2) is 4.99 Å². The van der Waals surface area contributed by atoms with Crippen LogP contribution < -0.4 is 5.32 Å². The lowest BCUT2D eigenvalue weighted by Gasteiger charge is -2.31. The van der Waals surface area contributed by atoms with Crippen LogP contribution in [0.5, 0.6) is 0 Å². The first-order chi connectivity index (χ1) is 12.6. The van der Waals surface area contributed by atoms with Crippen LogP contribution >= 0.6 is 0 Å². The molecular weight excluding hydrogens is 328 g/mol. The molecule has 6 nitrogen and oxygen atoms in total. The first-order valence-corrected chi connectivity index (χ1v) is 9.77. The lowest BCUT2D eigenvalue weighted by atomic mass is 10.1. The summed E-state index contributed by atoms with van der Waals surface area (Å²) in [4.78, 5) is 9.38. The fourth-order valence-electron chi connectivity index (χ4n) is 3.64. The van der Waals surface area contributed by atoms with Crippen molar-refractivity contribution < 1.29 is 9.84 Å². The van der Waals surface area contributed by atoms with Gasteiger partial charge in [-0.15, -0.1) is 0 Å². The highest BCUT2D eigenvalue weighted by Crippen LogP contribution is 2.14. The highest BCUT2D eigenvalue weighted by molar-refractivity contribution is 5.80. The van der Waals surface area contributed by atoms with Crippen molar-refractivity contribution >= 4 is 5.96 Å². The van der Waals surface area contributed by atoms with E-state index in [0.29, 0.717) is 19.2 Å². The van der Waals surface area contributed by atoms with Crippen molar-refractivity contribution in [1.82, 2.24) is 15.1 Å². The number of nitrogens with one attached hydrogen (secondary N) is 1. The normalized spacial score (nSPS) is 24.9. The molecular formula is C20H32N4O2. The number of morpholine rings is 1. The van der Waals surface area contributed by atoms with Crippen LogP contribution in [-0.2, 0) is 17.8 Å². The Hall–Kier alpha value is -1.63. The molecule has 1 aromatic rings. The van der Waals surface area contributed by atoms with E-state index in [4.69, 9.17) is 9.73 Å². The third-order valence-corrected chi connectivity index (χ3v) is 4.93. The molecule has 2 fully saturated rings. The molecule has 2 N–H and O–H groups in total. The third-order valence-electron chi connectivity index (χ3n) is 4.93. The molecule has 2 aliphatic heterocycles. The maximum absolute atomic E-state index is 9.77. The van der Waals surface area contributed by atoms with Crippen molar-refractivity contribution in [2.45, 2.75) is 45.6 Å². The van der Waals surface area contributed by atoms with Gasteiger partial charge in [0.1, 0.15) is 0 Å². The molecule has 2 atom stereocenters. The Morgan fingerprint density at radius 1 is 1.31 bits per heavy atom. The fraction of sp³-hybridized carbons (Fsp3) is 0.650. The summed E-state index contributed by atoms with van der Waals surface area (Å²) < 4.78 is 5.62. The number of aliphatic imine (C=N–C) groups is 1. The molecule has 0 amide bonds. The second-order valence-electron chi connectivity index (χ2n) is 7.30.